The Kier molecular flexibility index (Phi) is 14.3. The summed E-state index contributed by atoms with van der Waals surface area (Å²) in [7, 11) is 0. The molecule has 0 bridgehead atoms. The van der Waals surface area contributed by atoms with E-state index in [1.54, 1.807) is 27.4 Å². The van der Waals surface area contributed by atoms with E-state index in [4.69, 9.17) is 0 Å². The van der Waals surface area contributed by atoms with Crippen molar-refractivity contribution in [2.45, 2.75) is 97.3 Å². The summed E-state index contributed by atoms with van der Waals surface area (Å²) in [5.41, 5.74) is 18.9. The molecule has 7 rings (SSSR count). The molecular formula is C44H46Cl2Zr-2. The quantitative estimate of drug-likeness (QED) is 0.161. The molecule has 3 heteroatoms. The summed E-state index contributed by atoms with van der Waals surface area (Å²) < 4.78 is 1.80. The third-order valence-corrected chi connectivity index (χ3v) is 9.98. The molecule has 0 saturated heterocycles. The number of hydrogen-bond acceptors (Lipinski definition) is 0. The molecule has 3 aliphatic carbocycles. The van der Waals surface area contributed by atoms with E-state index < -0.39 is 0 Å². The molecule has 0 unspecified atom stereocenters. The summed E-state index contributed by atoms with van der Waals surface area (Å²) in [4.78, 5) is 0. The van der Waals surface area contributed by atoms with Crippen molar-refractivity contribution >= 4 is 3.21 Å². The van der Waals surface area contributed by atoms with Crippen LogP contribution in [0.15, 0.2) is 96.4 Å². The first kappa shape index (κ1) is 39.0. The zero-order valence-electron chi connectivity index (χ0n) is 28.8. The molecule has 4 aromatic carbocycles. The van der Waals surface area contributed by atoms with Crippen molar-refractivity contribution in [3.05, 3.63) is 131 Å². The van der Waals surface area contributed by atoms with Crippen LogP contribution in [-0.4, -0.2) is 3.21 Å². The van der Waals surface area contributed by atoms with Crippen LogP contribution < -0.4 is 24.8 Å². The van der Waals surface area contributed by atoms with Gasteiger partial charge in [0.1, 0.15) is 0 Å². The van der Waals surface area contributed by atoms with Gasteiger partial charge in [-0.05, 0) is 39.5 Å². The number of halogens is 2. The topological polar surface area (TPSA) is 0 Å². The van der Waals surface area contributed by atoms with Crippen molar-refractivity contribution in [1.29, 1.82) is 0 Å². The third-order valence-electron chi connectivity index (χ3n) is 8.75. The zero-order valence-corrected chi connectivity index (χ0v) is 32.8. The normalized spacial score (nSPS) is 14.1. The molecule has 47 heavy (non-hydrogen) atoms. The van der Waals surface area contributed by atoms with Gasteiger partial charge in [-0.1, -0.05) is 137 Å². The van der Waals surface area contributed by atoms with Gasteiger partial charge >= 0.3 is 59.5 Å². The number of fused-ring (bicyclic) bond motifs is 3. The average Bonchev–Trinajstić information content (AvgIpc) is 3.72. The van der Waals surface area contributed by atoms with Crippen LogP contribution in [0.4, 0.5) is 0 Å². The Balaban J connectivity index is 0.000000360. The molecule has 0 nitrogen and oxygen atoms in total. The Labute approximate surface area is 311 Å². The van der Waals surface area contributed by atoms with Gasteiger partial charge in [0, 0.05) is 0 Å². The number of benzene rings is 4. The van der Waals surface area contributed by atoms with Gasteiger partial charge in [0.05, 0.1) is 0 Å². The van der Waals surface area contributed by atoms with Crippen molar-refractivity contribution in [1.82, 2.24) is 0 Å². The summed E-state index contributed by atoms with van der Waals surface area (Å²) in [5, 5.41) is 0. The van der Waals surface area contributed by atoms with Crippen LogP contribution in [0.25, 0.3) is 33.4 Å². The molecule has 0 aliphatic heterocycles. The Morgan fingerprint density at radius 3 is 1.70 bits per heavy atom. The van der Waals surface area contributed by atoms with E-state index in [9.17, 15) is 0 Å². The van der Waals surface area contributed by atoms with Crippen LogP contribution in [0.5, 0.6) is 0 Å². The fourth-order valence-electron chi connectivity index (χ4n) is 6.34. The van der Waals surface area contributed by atoms with Gasteiger partial charge in [-0.25, -0.2) is 6.08 Å². The fraction of sp³-hybridized carbons (Fsp3) is 0.341. The zero-order chi connectivity index (χ0) is 32.0. The minimum atomic E-state index is 0. The van der Waals surface area contributed by atoms with Gasteiger partial charge in [0.25, 0.3) is 0 Å². The van der Waals surface area contributed by atoms with E-state index in [0.717, 1.165) is 12.8 Å². The van der Waals surface area contributed by atoms with Crippen LogP contribution in [0.2, 0.25) is 0 Å². The molecular weight excluding hydrogens is 691 g/mol. The van der Waals surface area contributed by atoms with Crippen molar-refractivity contribution in [3.63, 3.8) is 0 Å². The molecule has 1 saturated carbocycles. The van der Waals surface area contributed by atoms with Gasteiger partial charge < -0.3 is 36.3 Å². The Morgan fingerprint density at radius 1 is 0.660 bits per heavy atom. The van der Waals surface area contributed by atoms with E-state index >= 15 is 0 Å². The summed E-state index contributed by atoms with van der Waals surface area (Å²) in [6.45, 7) is 13.9. The maximum absolute atomic E-state index is 3.88. The van der Waals surface area contributed by atoms with Gasteiger partial charge in [0.15, 0.2) is 0 Å². The molecule has 0 amide bonds. The van der Waals surface area contributed by atoms with E-state index in [0.29, 0.717) is 0 Å². The van der Waals surface area contributed by atoms with Gasteiger partial charge in [-0.2, -0.15) is 0 Å². The van der Waals surface area contributed by atoms with Crippen molar-refractivity contribution in [2.24, 2.45) is 0 Å². The van der Waals surface area contributed by atoms with Crippen molar-refractivity contribution in [2.75, 3.05) is 0 Å². The molecule has 0 heterocycles. The standard InChI is InChI=1S/C33H33.C6H10.C5H3.2ClH.Zr/c1-32(2,3)30-20-26-24(18-28(30)22-13-9-7-10-14-22)17-25-19-29(23-15-11-8-12-16-23)31(21-27(25)26)33(4,5)6;1-2-4-6-5-3-1;1-2-4-5-3-1;;;/h7-16,18,20-21H,17H2,1-6H3;1-5H2;1H,2H2;2*1H;/q-1;;-1;;;+2/p-2. The van der Waals surface area contributed by atoms with Crippen LogP contribution in [0.3, 0.4) is 0 Å². The van der Waals surface area contributed by atoms with Crippen LogP contribution >= 0.6 is 0 Å². The predicted molar refractivity (Wildman–Crippen MR) is 189 cm³/mol. The fourth-order valence-corrected chi connectivity index (χ4v) is 7.20. The second-order valence-electron chi connectivity index (χ2n) is 14.4. The second kappa shape index (κ2) is 17.3. The van der Waals surface area contributed by atoms with Crippen LogP contribution in [0.1, 0.15) is 102 Å². The number of rotatable bonds is 2. The van der Waals surface area contributed by atoms with Gasteiger partial charge in [0.2, 0.25) is 0 Å². The first-order chi connectivity index (χ1) is 21.5. The molecule has 1 fully saturated rings. The predicted octanol–water partition coefficient (Wildman–Crippen LogP) is 5.72. The molecule has 0 aromatic heterocycles. The Morgan fingerprint density at radius 2 is 1.23 bits per heavy atom. The third kappa shape index (κ3) is 10.0. The molecule has 0 spiro atoms. The molecule has 0 atom stereocenters. The molecule has 4 aromatic rings. The summed E-state index contributed by atoms with van der Waals surface area (Å²) in [5.74, 6) is 0. The molecule has 0 N–H and O–H groups in total. The summed E-state index contributed by atoms with van der Waals surface area (Å²) in [6, 6.07) is 32.8. The van der Waals surface area contributed by atoms with E-state index in [-0.39, 0.29) is 35.6 Å². The first-order valence-corrected chi connectivity index (χ1v) is 17.7. The first-order valence-electron chi connectivity index (χ1n) is 16.5. The summed E-state index contributed by atoms with van der Waals surface area (Å²) in [6.07, 6.45) is 13.9. The van der Waals surface area contributed by atoms with Crippen molar-refractivity contribution < 1.29 is 49.0 Å². The molecule has 242 valence electrons. The number of hydrogen-bond donors (Lipinski definition) is 0. The molecule has 3 aliphatic rings. The maximum atomic E-state index is 3.88. The van der Waals surface area contributed by atoms with Gasteiger partial charge in [-0.3, -0.25) is 0 Å². The Hall–Kier alpha value is -2.49. The molecule has 0 radical (unpaired) electrons. The van der Waals surface area contributed by atoms with E-state index in [1.165, 1.54) is 87.7 Å². The SMILES string of the molecule is C1=C=CC[C-]=1.CC(C)(C)c1cc2c([c-]c1-c1ccccc1)Cc1cc(-c3ccccc3)c(C(C)(C)C)cc1-2.[Cl-].[Cl-].[Zr+2]=[C]1CCCCC1. The van der Waals surface area contributed by atoms with Crippen LogP contribution in [-0.2, 0) is 41.5 Å². The monoisotopic (exact) mass is 734 g/mol. The Bertz CT molecular complexity index is 1630. The van der Waals surface area contributed by atoms with Crippen LogP contribution in [0, 0.1) is 12.1 Å². The average molecular weight is 737 g/mol. The summed E-state index contributed by atoms with van der Waals surface area (Å²) >= 11 is 1.69. The van der Waals surface area contributed by atoms with E-state index in [2.05, 4.69) is 144 Å². The minimum absolute atomic E-state index is 0. The number of allylic oxidation sites excluding steroid dienone is 2. The van der Waals surface area contributed by atoms with E-state index in [1.807, 2.05) is 6.08 Å². The van der Waals surface area contributed by atoms with Crippen molar-refractivity contribution in [3.8, 4) is 33.4 Å². The van der Waals surface area contributed by atoms with Gasteiger partial charge in [-0.15, -0.1) is 34.9 Å². The second-order valence-corrected chi connectivity index (χ2v) is 16.2.